The van der Waals surface area contributed by atoms with E-state index in [-0.39, 0.29) is 0 Å². The molecule has 3 rings (SSSR count). The van der Waals surface area contributed by atoms with Gasteiger partial charge in [-0.1, -0.05) is 0 Å². The zero-order valence-electron chi connectivity index (χ0n) is 9.84. The number of anilines is 1. The molecule has 3 heterocycles. The molecular formula is C13H15N3O. The summed E-state index contributed by atoms with van der Waals surface area (Å²) in [7, 11) is 0. The van der Waals surface area contributed by atoms with Gasteiger partial charge in [-0.05, 0) is 24.6 Å². The third kappa shape index (κ3) is 2.16. The van der Waals surface area contributed by atoms with Crippen LogP contribution in [0.1, 0.15) is 11.3 Å². The Labute approximate surface area is 100 Å². The Morgan fingerprint density at radius 1 is 1.35 bits per heavy atom. The summed E-state index contributed by atoms with van der Waals surface area (Å²) in [4.78, 5) is 10.8. The molecule has 1 aliphatic heterocycles. The van der Waals surface area contributed by atoms with Crippen LogP contribution in [0.5, 0.6) is 0 Å². The van der Waals surface area contributed by atoms with Crippen LogP contribution in [0.3, 0.4) is 0 Å². The molecule has 1 saturated heterocycles. The van der Waals surface area contributed by atoms with Crippen LogP contribution >= 0.6 is 0 Å². The Morgan fingerprint density at radius 2 is 2.12 bits per heavy atom. The first-order chi connectivity index (χ1) is 8.31. The van der Waals surface area contributed by atoms with Gasteiger partial charge in [-0.3, -0.25) is 0 Å². The second-order valence-corrected chi connectivity index (χ2v) is 4.61. The zero-order valence-corrected chi connectivity index (χ0v) is 9.84. The predicted octanol–water partition coefficient (Wildman–Crippen LogP) is 2.06. The molecule has 0 aliphatic carbocycles. The first kappa shape index (κ1) is 10.3. The van der Waals surface area contributed by atoms with Gasteiger partial charge in [0.25, 0.3) is 0 Å². The fraction of sp³-hybridized carbons (Fsp3) is 0.385. The SMILES string of the molecule is Cc1cnc(N2CC(Cc3ccco3)C2)nc1. The molecule has 0 N–H and O–H groups in total. The molecule has 0 atom stereocenters. The van der Waals surface area contributed by atoms with Crippen LogP contribution in [0.4, 0.5) is 5.95 Å². The maximum atomic E-state index is 5.35. The van der Waals surface area contributed by atoms with E-state index in [9.17, 15) is 0 Å². The van der Waals surface area contributed by atoms with Gasteiger partial charge in [0.05, 0.1) is 6.26 Å². The van der Waals surface area contributed by atoms with E-state index >= 15 is 0 Å². The van der Waals surface area contributed by atoms with Crippen molar-refractivity contribution < 1.29 is 4.42 Å². The second-order valence-electron chi connectivity index (χ2n) is 4.61. The summed E-state index contributed by atoms with van der Waals surface area (Å²) in [6, 6.07) is 3.97. The third-order valence-electron chi connectivity index (χ3n) is 3.08. The number of furan rings is 1. The summed E-state index contributed by atoms with van der Waals surface area (Å²) in [5.41, 5.74) is 1.10. The van der Waals surface area contributed by atoms with Crippen molar-refractivity contribution >= 4 is 5.95 Å². The van der Waals surface area contributed by atoms with Gasteiger partial charge in [0.2, 0.25) is 5.95 Å². The van der Waals surface area contributed by atoms with Crippen molar-refractivity contribution in [2.75, 3.05) is 18.0 Å². The smallest absolute Gasteiger partial charge is 0.225 e. The van der Waals surface area contributed by atoms with Crippen molar-refractivity contribution in [2.24, 2.45) is 5.92 Å². The molecule has 2 aromatic heterocycles. The highest BCUT2D eigenvalue weighted by Gasteiger charge is 2.29. The molecule has 0 amide bonds. The minimum absolute atomic E-state index is 0.658. The van der Waals surface area contributed by atoms with E-state index in [2.05, 4.69) is 14.9 Å². The van der Waals surface area contributed by atoms with Crippen LogP contribution in [0.25, 0.3) is 0 Å². The summed E-state index contributed by atoms with van der Waals surface area (Å²) in [6.45, 7) is 4.03. The third-order valence-corrected chi connectivity index (χ3v) is 3.08. The standard InChI is InChI=1S/C13H15N3O/c1-10-6-14-13(15-7-10)16-8-11(9-16)5-12-3-2-4-17-12/h2-4,6-7,11H,5,8-9H2,1H3. The quantitative estimate of drug-likeness (QED) is 0.808. The first-order valence-electron chi connectivity index (χ1n) is 5.87. The average molecular weight is 229 g/mol. The van der Waals surface area contributed by atoms with E-state index in [1.165, 1.54) is 0 Å². The molecular weight excluding hydrogens is 214 g/mol. The van der Waals surface area contributed by atoms with Gasteiger partial charge in [0.1, 0.15) is 5.76 Å². The highest BCUT2D eigenvalue weighted by Crippen LogP contribution is 2.24. The van der Waals surface area contributed by atoms with E-state index in [1.54, 1.807) is 6.26 Å². The Balaban J connectivity index is 1.56. The van der Waals surface area contributed by atoms with Crippen LogP contribution in [0, 0.1) is 12.8 Å². The normalized spacial score (nSPS) is 15.9. The Morgan fingerprint density at radius 3 is 2.76 bits per heavy atom. The Bertz CT molecular complexity index is 472. The van der Waals surface area contributed by atoms with Crippen molar-refractivity contribution in [2.45, 2.75) is 13.3 Å². The molecule has 0 radical (unpaired) electrons. The molecule has 17 heavy (non-hydrogen) atoms. The molecule has 2 aromatic rings. The number of aryl methyl sites for hydroxylation is 1. The van der Waals surface area contributed by atoms with Gasteiger partial charge in [-0.15, -0.1) is 0 Å². The van der Waals surface area contributed by atoms with Crippen LogP contribution < -0.4 is 4.90 Å². The molecule has 0 unspecified atom stereocenters. The van der Waals surface area contributed by atoms with Crippen LogP contribution in [-0.4, -0.2) is 23.1 Å². The lowest BCUT2D eigenvalue weighted by Crippen LogP contribution is -2.48. The van der Waals surface area contributed by atoms with Crippen LogP contribution in [0.2, 0.25) is 0 Å². The van der Waals surface area contributed by atoms with Crippen LogP contribution in [-0.2, 0) is 6.42 Å². The average Bonchev–Trinajstić information content (AvgIpc) is 2.77. The lowest BCUT2D eigenvalue weighted by molar-refractivity contribution is 0.366. The van der Waals surface area contributed by atoms with Crippen molar-refractivity contribution in [1.29, 1.82) is 0 Å². The first-order valence-corrected chi connectivity index (χ1v) is 5.87. The largest absolute Gasteiger partial charge is 0.469 e. The fourth-order valence-electron chi connectivity index (χ4n) is 2.12. The summed E-state index contributed by atoms with van der Waals surface area (Å²) in [6.07, 6.45) is 6.47. The minimum atomic E-state index is 0.658. The van der Waals surface area contributed by atoms with Crippen molar-refractivity contribution in [1.82, 2.24) is 9.97 Å². The molecule has 0 aromatic carbocycles. The number of nitrogens with zero attached hydrogens (tertiary/aromatic N) is 3. The minimum Gasteiger partial charge on any atom is -0.469 e. The Kier molecular flexibility index (Phi) is 2.55. The number of aromatic nitrogens is 2. The van der Waals surface area contributed by atoms with Crippen molar-refractivity contribution in [3.8, 4) is 0 Å². The summed E-state index contributed by atoms with van der Waals surface area (Å²) >= 11 is 0. The zero-order chi connectivity index (χ0) is 11.7. The molecule has 0 spiro atoms. The molecule has 1 fully saturated rings. The summed E-state index contributed by atoms with van der Waals surface area (Å²) in [5, 5.41) is 0. The van der Waals surface area contributed by atoms with Gasteiger partial charge < -0.3 is 9.32 Å². The summed E-state index contributed by atoms with van der Waals surface area (Å²) < 4.78 is 5.35. The number of hydrogen-bond donors (Lipinski definition) is 0. The summed E-state index contributed by atoms with van der Waals surface area (Å²) in [5.74, 6) is 2.57. The Hall–Kier alpha value is -1.84. The van der Waals surface area contributed by atoms with E-state index < -0.39 is 0 Å². The topological polar surface area (TPSA) is 42.2 Å². The molecule has 4 heteroatoms. The number of hydrogen-bond acceptors (Lipinski definition) is 4. The second kappa shape index (κ2) is 4.20. The number of rotatable bonds is 3. The van der Waals surface area contributed by atoms with Crippen LogP contribution in [0.15, 0.2) is 35.2 Å². The molecule has 1 aliphatic rings. The van der Waals surface area contributed by atoms with Crippen molar-refractivity contribution in [3.05, 3.63) is 42.1 Å². The van der Waals surface area contributed by atoms with Gasteiger partial charge in [-0.2, -0.15) is 0 Å². The molecule has 88 valence electrons. The highest BCUT2D eigenvalue weighted by atomic mass is 16.3. The maximum Gasteiger partial charge on any atom is 0.225 e. The van der Waals surface area contributed by atoms with Gasteiger partial charge in [0, 0.05) is 37.8 Å². The monoisotopic (exact) mass is 229 g/mol. The van der Waals surface area contributed by atoms with Crippen molar-refractivity contribution in [3.63, 3.8) is 0 Å². The lowest BCUT2D eigenvalue weighted by Gasteiger charge is -2.38. The fourth-order valence-corrected chi connectivity index (χ4v) is 2.12. The highest BCUT2D eigenvalue weighted by molar-refractivity contribution is 5.34. The molecule has 0 bridgehead atoms. The van der Waals surface area contributed by atoms with Gasteiger partial charge >= 0.3 is 0 Å². The predicted molar refractivity (Wildman–Crippen MR) is 64.9 cm³/mol. The van der Waals surface area contributed by atoms with Gasteiger partial charge in [-0.25, -0.2) is 9.97 Å². The van der Waals surface area contributed by atoms with E-state index in [0.29, 0.717) is 5.92 Å². The van der Waals surface area contributed by atoms with Gasteiger partial charge in [0.15, 0.2) is 0 Å². The van der Waals surface area contributed by atoms with E-state index in [4.69, 9.17) is 4.42 Å². The molecule has 4 nitrogen and oxygen atoms in total. The maximum absolute atomic E-state index is 5.35. The van der Waals surface area contributed by atoms with E-state index in [1.807, 2.05) is 31.5 Å². The lowest BCUT2D eigenvalue weighted by atomic mass is 9.95. The molecule has 0 saturated carbocycles. The van der Waals surface area contributed by atoms with E-state index in [0.717, 1.165) is 36.8 Å².